The molecule has 0 heterocycles. The van der Waals surface area contributed by atoms with Gasteiger partial charge in [-0.1, -0.05) is 43.2 Å². The van der Waals surface area contributed by atoms with Gasteiger partial charge in [-0.3, -0.25) is 0 Å². The molecule has 5 N–H and O–H groups in total. The normalized spacial score (nSPS) is 12.8. The van der Waals surface area contributed by atoms with E-state index in [2.05, 4.69) is 5.32 Å². The highest BCUT2D eigenvalue weighted by Gasteiger charge is 2.06. The van der Waals surface area contributed by atoms with Crippen molar-refractivity contribution in [2.75, 3.05) is 56.4 Å². The largest absolute Gasteiger partial charge is 0.379 e. The summed E-state index contributed by atoms with van der Waals surface area (Å²) in [6.07, 6.45) is 0. The number of hydrogen-bond donors (Lipinski definition) is 3. The lowest BCUT2D eigenvalue weighted by atomic mass is 10.4. The highest BCUT2D eigenvalue weighted by Crippen LogP contribution is 2.21. The van der Waals surface area contributed by atoms with Crippen LogP contribution in [0.5, 0.6) is 0 Å². The molecule has 4 nitrogen and oxygen atoms in total. The van der Waals surface area contributed by atoms with Gasteiger partial charge in [-0.2, -0.15) is 0 Å². The predicted octanol–water partition coefficient (Wildman–Crippen LogP) is 1.27. The third kappa shape index (κ3) is 13.7. The van der Waals surface area contributed by atoms with Gasteiger partial charge in [0, 0.05) is 42.1 Å². The van der Waals surface area contributed by atoms with Crippen LogP contribution in [0.1, 0.15) is 0 Å². The van der Waals surface area contributed by atoms with Crippen molar-refractivity contribution < 1.29 is 4.74 Å². The second kappa shape index (κ2) is 16.3. The summed E-state index contributed by atoms with van der Waals surface area (Å²) < 4.78 is 5.65. The van der Waals surface area contributed by atoms with Gasteiger partial charge in [-0.05, 0) is 7.05 Å². The Hall–Kier alpha value is 1.24. The zero-order valence-corrected chi connectivity index (χ0v) is 14.2. The van der Waals surface area contributed by atoms with E-state index in [1.54, 1.807) is 0 Å². The van der Waals surface area contributed by atoms with Crippen LogP contribution < -0.4 is 16.8 Å². The Balaban J connectivity index is 3.27. The summed E-state index contributed by atoms with van der Waals surface area (Å²) in [5.41, 5.74) is 10.8. The van der Waals surface area contributed by atoms with Crippen molar-refractivity contribution in [3.05, 3.63) is 0 Å². The summed E-state index contributed by atoms with van der Waals surface area (Å²) in [7, 11) is 9.31. The molecule has 0 aromatic rings. The molecule has 0 saturated heterocycles. The van der Waals surface area contributed by atoms with Crippen molar-refractivity contribution in [1.29, 1.82) is 0 Å². The fraction of sp³-hybridized carbons (Fsp3) is 1.00. The van der Waals surface area contributed by atoms with Crippen molar-refractivity contribution in [2.45, 2.75) is 6.04 Å². The highest BCUT2D eigenvalue weighted by atomic mass is 33.1. The number of likely N-dealkylation sites (N-methyl/N-ethyl adjacent to an activating group) is 1. The van der Waals surface area contributed by atoms with Crippen LogP contribution in [0.3, 0.4) is 0 Å². The van der Waals surface area contributed by atoms with Crippen molar-refractivity contribution in [3.63, 3.8) is 0 Å². The average molecular weight is 332 g/mol. The number of rotatable bonds is 14. The third-order valence-corrected chi connectivity index (χ3v) is 6.79. The van der Waals surface area contributed by atoms with Crippen LogP contribution in [-0.2, 0) is 4.74 Å². The highest BCUT2D eigenvalue weighted by molar-refractivity contribution is 8.77. The van der Waals surface area contributed by atoms with Crippen molar-refractivity contribution in [2.24, 2.45) is 11.5 Å². The first-order valence-corrected chi connectivity index (χ1v) is 11.0. The molecule has 0 aliphatic carbocycles. The first-order chi connectivity index (χ1) is 8.85. The molecule has 110 valence electrons. The summed E-state index contributed by atoms with van der Waals surface area (Å²) in [5, 5.41) is 3.27. The minimum Gasteiger partial charge on any atom is -0.379 e. The molecule has 0 aliphatic heterocycles. The van der Waals surface area contributed by atoms with Crippen LogP contribution in [0, 0.1) is 0 Å². The fourth-order valence-electron chi connectivity index (χ4n) is 0.937. The zero-order valence-electron chi connectivity index (χ0n) is 10.9. The molecule has 0 spiro atoms. The van der Waals surface area contributed by atoms with Gasteiger partial charge < -0.3 is 21.5 Å². The summed E-state index contributed by atoms with van der Waals surface area (Å²) in [5.74, 6) is 4.10. The Labute approximate surface area is 127 Å². The standard InChI is InChI=1S/C10H25N3OS4/c1-13-10(9-18-16-6-3-12)8-14-4-7-17-15-5-2-11/h10,13H,2-9,11-12H2,1H3. The minimum absolute atomic E-state index is 0.418. The second-order valence-corrected chi connectivity index (χ2v) is 8.72. The molecule has 18 heavy (non-hydrogen) atoms. The smallest absolute Gasteiger partial charge is 0.0628 e. The summed E-state index contributed by atoms with van der Waals surface area (Å²) in [4.78, 5) is 0. The Morgan fingerprint density at radius 2 is 1.61 bits per heavy atom. The van der Waals surface area contributed by atoms with Crippen LogP contribution >= 0.6 is 43.2 Å². The maximum absolute atomic E-state index is 5.65. The van der Waals surface area contributed by atoms with Crippen LogP contribution in [0.25, 0.3) is 0 Å². The van der Waals surface area contributed by atoms with E-state index in [9.17, 15) is 0 Å². The molecule has 1 atom stereocenters. The predicted molar refractivity (Wildman–Crippen MR) is 91.6 cm³/mol. The molecule has 0 bridgehead atoms. The van der Waals surface area contributed by atoms with E-state index in [-0.39, 0.29) is 0 Å². The molecular weight excluding hydrogens is 306 g/mol. The molecule has 0 radical (unpaired) electrons. The quantitative estimate of drug-likeness (QED) is 0.325. The molecule has 0 rings (SSSR count). The van der Waals surface area contributed by atoms with E-state index in [1.807, 2.05) is 50.2 Å². The van der Waals surface area contributed by atoms with E-state index >= 15 is 0 Å². The van der Waals surface area contributed by atoms with E-state index in [4.69, 9.17) is 16.2 Å². The molecule has 8 heteroatoms. The average Bonchev–Trinajstić information content (AvgIpc) is 2.40. The minimum atomic E-state index is 0.418. The van der Waals surface area contributed by atoms with Gasteiger partial charge in [0.15, 0.2) is 0 Å². The second-order valence-electron chi connectivity index (χ2n) is 3.39. The van der Waals surface area contributed by atoms with Crippen LogP contribution in [0.2, 0.25) is 0 Å². The maximum atomic E-state index is 5.65. The number of nitrogens with one attached hydrogen (secondary N) is 1. The van der Waals surface area contributed by atoms with Gasteiger partial charge in [0.25, 0.3) is 0 Å². The lowest BCUT2D eigenvalue weighted by Gasteiger charge is -2.15. The summed E-state index contributed by atoms with van der Waals surface area (Å²) >= 11 is 0. The summed E-state index contributed by atoms with van der Waals surface area (Å²) in [6.45, 7) is 3.07. The molecular formula is C10H25N3OS4. The van der Waals surface area contributed by atoms with Gasteiger partial charge in [0.05, 0.1) is 13.2 Å². The maximum Gasteiger partial charge on any atom is 0.0628 e. The Bertz CT molecular complexity index is 168. The topological polar surface area (TPSA) is 73.3 Å². The molecule has 0 fully saturated rings. The third-order valence-electron chi connectivity index (χ3n) is 1.88. The zero-order chi connectivity index (χ0) is 13.5. The Morgan fingerprint density at radius 1 is 1.00 bits per heavy atom. The van der Waals surface area contributed by atoms with Crippen molar-refractivity contribution in [3.8, 4) is 0 Å². The van der Waals surface area contributed by atoms with E-state index < -0.39 is 0 Å². The van der Waals surface area contributed by atoms with E-state index in [0.717, 1.165) is 49.3 Å². The van der Waals surface area contributed by atoms with Crippen LogP contribution in [-0.4, -0.2) is 62.4 Å². The number of hydrogen-bond acceptors (Lipinski definition) is 8. The van der Waals surface area contributed by atoms with Crippen LogP contribution in [0.4, 0.5) is 0 Å². The van der Waals surface area contributed by atoms with E-state index in [0.29, 0.717) is 6.04 Å². The van der Waals surface area contributed by atoms with Gasteiger partial charge >= 0.3 is 0 Å². The molecule has 0 aromatic heterocycles. The van der Waals surface area contributed by atoms with Crippen molar-refractivity contribution >= 4 is 43.2 Å². The monoisotopic (exact) mass is 331 g/mol. The molecule has 0 amide bonds. The van der Waals surface area contributed by atoms with Crippen molar-refractivity contribution in [1.82, 2.24) is 5.32 Å². The molecule has 0 saturated carbocycles. The van der Waals surface area contributed by atoms with E-state index in [1.165, 1.54) is 0 Å². The van der Waals surface area contributed by atoms with Gasteiger partial charge in [-0.25, -0.2) is 0 Å². The first kappa shape index (κ1) is 19.2. The molecule has 0 aliphatic rings. The first-order valence-electron chi connectivity index (χ1n) is 5.99. The van der Waals surface area contributed by atoms with Gasteiger partial charge in [0.2, 0.25) is 0 Å². The SMILES string of the molecule is CNC(COCCSSCCN)CSSCCN. The van der Waals surface area contributed by atoms with Crippen LogP contribution in [0.15, 0.2) is 0 Å². The molecule has 1 unspecified atom stereocenters. The molecule has 0 aromatic carbocycles. The lowest BCUT2D eigenvalue weighted by Crippen LogP contribution is -2.32. The number of nitrogens with two attached hydrogens (primary N) is 2. The fourth-order valence-corrected chi connectivity index (χ4v) is 4.82. The Morgan fingerprint density at radius 3 is 2.22 bits per heavy atom. The number of ether oxygens (including phenoxy) is 1. The van der Waals surface area contributed by atoms with Gasteiger partial charge in [0.1, 0.15) is 0 Å². The Kier molecular flexibility index (Phi) is 17.4. The lowest BCUT2D eigenvalue weighted by molar-refractivity contribution is 0.133. The van der Waals surface area contributed by atoms with Gasteiger partial charge in [-0.15, -0.1) is 0 Å². The summed E-state index contributed by atoms with van der Waals surface area (Å²) in [6, 6.07) is 0.418.